The summed E-state index contributed by atoms with van der Waals surface area (Å²) in [5.41, 5.74) is -0.120. The molecule has 1 N–H and O–H groups in total. The number of aliphatic hydroxyl groups excluding tert-OH is 1. The molecule has 2 atom stereocenters. The predicted octanol–water partition coefficient (Wildman–Crippen LogP) is 0.869. The third-order valence-electron chi connectivity index (χ3n) is 4.06. The summed E-state index contributed by atoms with van der Waals surface area (Å²) in [7, 11) is 0.508. The Bertz CT molecular complexity index is 752. The van der Waals surface area contributed by atoms with Crippen molar-refractivity contribution >= 4 is 10.2 Å². The van der Waals surface area contributed by atoms with Gasteiger partial charge in [0.25, 0.3) is 10.2 Å². The maximum Gasteiger partial charge on any atom is 0.281 e. The van der Waals surface area contributed by atoms with Crippen molar-refractivity contribution in [2.75, 3.05) is 21.1 Å². The van der Waals surface area contributed by atoms with Gasteiger partial charge in [-0.2, -0.15) is 22.3 Å². The molecule has 0 saturated carbocycles. The molecule has 0 aromatic heterocycles. The molecule has 0 aliphatic carbocycles. The summed E-state index contributed by atoms with van der Waals surface area (Å²) in [5.74, 6) is 0.463. The molecule has 1 aromatic rings. The average molecular weight is 339 g/mol. The van der Waals surface area contributed by atoms with Gasteiger partial charge in [-0.25, -0.2) is 0 Å². The zero-order valence-corrected chi connectivity index (χ0v) is 14.6. The maximum absolute atomic E-state index is 12.5. The number of hydrogen-bond donors (Lipinski definition) is 1. The molecule has 2 rings (SSSR count). The Balaban J connectivity index is 2.64. The molecule has 0 bridgehead atoms. The molecule has 126 valence electrons. The van der Waals surface area contributed by atoms with Crippen molar-refractivity contribution in [3.8, 4) is 11.8 Å². The summed E-state index contributed by atoms with van der Waals surface area (Å²) in [6.45, 7) is 3.39. The molecule has 1 aliphatic rings. The molecule has 0 radical (unpaired) electrons. The molecule has 0 spiro atoms. The van der Waals surface area contributed by atoms with Crippen LogP contribution < -0.4 is 4.74 Å². The zero-order chi connectivity index (χ0) is 17.6. The number of benzene rings is 1. The van der Waals surface area contributed by atoms with Gasteiger partial charge in [0.2, 0.25) is 0 Å². The van der Waals surface area contributed by atoms with E-state index >= 15 is 0 Å². The number of nitriles is 1. The number of likely N-dealkylation sites (N-methyl/N-ethyl adjacent to an activating group) is 1. The summed E-state index contributed by atoms with van der Waals surface area (Å²) in [4.78, 5) is 0. The van der Waals surface area contributed by atoms with E-state index in [1.54, 1.807) is 32.0 Å². The van der Waals surface area contributed by atoms with Crippen molar-refractivity contribution in [1.29, 1.82) is 5.26 Å². The van der Waals surface area contributed by atoms with Crippen LogP contribution in [0.5, 0.6) is 5.75 Å². The van der Waals surface area contributed by atoms with Gasteiger partial charge in [0, 0.05) is 26.7 Å². The van der Waals surface area contributed by atoms with Gasteiger partial charge in [-0.05, 0) is 32.0 Å². The van der Waals surface area contributed by atoms with Gasteiger partial charge in [-0.15, -0.1) is 0 Å². The fraction of sp³-hybridized carbons (Fsp3) is 0.533. The average Bonchev–Trinajstić information content (AvgIpc) is 2.47. The monoisotopic (exact) mass is 339 g/mol. The van der Waals surface area contributed by atoms with Crippen molar-refractivity contribution in [2.24, 2.45) is 0 Å². The topological polar surface area (TPSA) is 93.9 Å². The summed E-state index contributed by atoms with van der Waals surface area (Å²) < 4.78 is 33.0. The third kappa shape index (κ3) is 2.93. The van der Waals surface area contributed by atoms with Crippen molar-refractivity contribution < 1.29 is 18.3 Å². The minimum atomic E-state index is -3.75. The quantitative estimate of drug-likeness (QED) is 0.882. The van der Waals surface area contributed by atoms with Gasteiger partial charge < -0.3 is 9.84 Å². The Kier molecular flexibility index (Phi) is 4.43. The Hall–Kier alpha value is -1.66. The van der Waals surface area contributed by atoms with Crippen LogP contribution in [0, 0.1) is 11.3 Å². The number of rotatable bonds is 3. The van der Waals surface area contributed by atoms with Gasteiger partial charge in [-0.1, -0.05) is 0 Å². The first-order chi connectivity index (χ1) is 10.5. The van der Waals surface area contributed by atoms with Gasteiger partial charge in [-0.3, -0.25) is 0 Å². The molecule has 23 heavy (non-hydrogen) atoms. The molecular weight excluding hydrogens is 318 g/mol. The molecule has 8 heteroatoms. The van der Waals surface area contributed by atoms with Crippen molar-refractivity contribution in [1.82, 2.24) is 8.61 Å². The number of hydrogen-bond acceptors (Lipinski definition) is 5. The van der Waals surface area contributed by atoms with E-state index in [9.17, 15) is 13.5 Å². The number of ether oxygens (including phenoxy) is 1. The molecule has 0 fully saturated rings. The Labute approximate surface area is 136 Å². The van der Waals surface area contributed by atoms with E-state index in [1.807, 2.05) is 6.07 Å². The molecule has 2 unspecified atom stereocenters. The Morgan fingerprint density at radius 1 is 1.30 bits per heavy atom. The second-order valence-corrected chi connectivity index (χ2v) is 8.47. The SMILES string of the molecule is CN(C)S(=O)(=O)N(C)C1c2cc(C#N)ccc2OC(C)(C)C1O. The van der Waals surface area contributed by atoms with Gasteiger partial charge >= 0.3 is 0 Å². The standard InChI is InChI=1S/C15H21N3O4S/c1-15(2)14(19)13(18(5)23(20,21)17(3)4)11-8-10(9-16)6-7-12(11)22-15/h6-8,13-14,19H,1-5H3. The zero-order valence-electron chi connectivity index (χ0n) is 13.8. The van der Waals surface area contributed by atoms with Gasteiger partial charge in [0.15, 0.2) is 0 Å². The lowest BCUT2D eigenvalue weighted by Gasteiger charge is -2.45. The van der Waals surface area contributed by atoms with Crippen molar-refractivity contribution in [3.05, 3.63) is 29.3 Å². The molecule has 1 heterocycles. The van der Waals surface area contributed by atoms with E-state index in [0.717, 1.165) is 8.61 Å². The highest BCUT2D eigenvalue weighted by atomic mass is 32.2. The lowest BCUT2D eigenvalue weighted by molar-refractivity contribution is -0.0768. The Morgan fingerprint density at radius 3 is 2.43 bits per heavy atom. The molecule has 7 nitrogen and oxygen atoms in total. The predicted molar refractivity (Wildman–Crippen MR) is 85.0 cm³/mol. The maximum atomic E-state index is 12.5. The van der Waals surface area contributed by atoms with Crippen LogP contribution in [-0.4, -0.2) is 55.0 Å². The highest BCUT2D eigenvalue weighted by molar-refractivity contribution is 7.86. The minimum Gasteiger partial charge on any atom is -0.485 e. The van der Waals surface area contributed by atoms with Crippen LogP contribution in [-0.2, 0) is 10.2 Å². The van der Waals surface area contributed by atoms with Gasteiger partial charge in [0.1, 0.15) is 17.5 Å². The van der Waals surface area contributed by atoms with E-state index in [1.165, 1.54) is 21.1 Å². The molecular formula is C15H21N3O4S. The number of fused-ring (bicyclic) bond motifs is 1. The second-order valence-electron chi connectivity index (χ2n) is 6.27. The highest BCUT2D eigenvalue weighted by Gasteiger charge is 2.47. The summed E-state index contributed by atoms with van der Waals surface area (Å²) in [6.07, 6.45) is -1.09. The van der Waals surface area contributed by atoms with E-state index < -0.39 is 28.0 Å². The summed E-state index contributed by atoms with van der Waals surface area (Å²) in [6, 6.07) is 5.95. The first-order valence-corrected chi connectivity index (χ1v) is 8.48. The highest BCUT2D eigenvalue weighted by Crippen LogP contribution is 2.43. The molecule has 1 aliphatic heterocycles. The smallest absolute Gasteiger partial charge is 0.281 e. The molecule has 0 saturated heterocycles. The number of aliphatic hydroxyl groups is 1. The number of nitrogens with zero attached hydrogens (tertiary/aromatic N) is 3. The van der Waals surface area contributed by atoms with E-state index in [4.69, 9.17) is 10.00 Å². The van der Waals surface area contributed by atoms with E-state index in [2.05, 4.69) is 0 Å². The summed E-state index contributed by atoms with van der Waals surface area (Å²) >= 11 is 0. The summed E-state index contributed by atoms with van der Waals surface area (Å²) in [5, 5.41) is 19.8. The van der Waals surface area contributed by atoms with E-state index in [0.29, 0.717) is 16.9 Å². The van der Waals surface area contributed by atoms with Crippen molar-refractivity contribution in [2.45, 2.75) is 31.6 Å². The largest absolute Gasteiger partial charge is 0.485 e. The Morgan fingerprint density at radius 2 is 1.91 bits per heavy atom. The van der Waals surface area contributed by atoms with E-state index in [-0.39, 0.29) is 0 Å². The van der Waals surface area contributed by atoms with Crippen LogP contribution in [0.4, 0.5) is 0 Å². The fourth-order valence-electron chi connectivity index (χ4n) is 2.63. The molecule has 1 aromatic carbocycles. The lowest BCUT2D eigenvalue weighted by Crippen LogP contribution is -2.55. The van der Waals surface area contributed by atoms with Crippen LogP contribution in [0.25, 0.3) is 0 Å². The van der Waals surface area contributed by atoms with Crippen LogP contribution in [0.2, 0.25) is 0 Å². The first kappa shape index (κ1) is 17.7. The van der Waals surface area contributed by atoms with Crippen molar-refractivity contribution in [3.63, 3.8) is 0 Å². The van der Waals surface area contributed by atoms with Crippen LogP contribution in [0.3, 0.4) is 0 Å². The normalized spacial score (nSPS) is 23.3. The third-order valence-corrected chi connectivity index (χ3v) is 5.94. The lowest BCUT2D eigenvalue weighted by atomic mass is 9.86. The first-order valence-electron chi connectivity index (χ1n) is 7.09. The van der Waals surface area contributed by atoms with Crippen LogP contribution in [0.15, 0.2) is 18.2 Å². The second kappa shape index (κ2) is 5.76. The van der Waals surface area contributed by atoms with Crippen LogP contribution >= 0.6 is 0 Å². The minimum absolute atomic E-state index is 0.375. The van der Waals surface area contributed by atoms with Gasteiger partial charge in [0.05, 0.1) is 17.7 Å². The van der Waals surface area contributed by atoms with Crippen LogP contribution in [0.1, 0.15) is 31.0 Å². The molecule has 0 amide bonds. The fourth-order valence-corrected chi connectivity index (χ4v) is 3.66.